The highest BCUT2D eigenvalue weighted by molar-refractivity contribution is 5.84. The fraction of sp³-hybridized carbons (Fsp3) is 0.696. The molecule has 5 rings (SSSR count). The first-order valence-corrected chi connectivity index (χ1v) is 10.2. The fourth-order valence-corrected chi connectivity index (χ4v) is 8.19. The Bertz CT molecular complexity index is 740. The first-order chi connectivity index (χ1) is 12.0. The quantitative estimate of drug-likeness (QED) is 0.732. The number of hydrogen-bond donors (Lipinski definition) is 0. The van der Waals surface area contributed by atoms with Crippen LogP contribution >= 0.6 is 0 Å². The molecule has 0 radical (unpaired) electrons. The lowest BCUT2D eigenvalue weighted by atomic mass is 9.47. The Balaban J connectivity index is 1.58. The van der Waals surface area contributed by atoms with Crippen LogP contribution in [0.3, 0.4) is 0 Å². The molecular formula is C23H30O2. The lowest BCUT2D eigenvalue weighted by molar-refractivity contribution is -0.135. The van der Waals surface area contributed by atoms with Crippen molar-refractivity contribution in [3.05, 3.63) is 29.3 Å². The molecule has 0 heterocycles. The summed E-state index contributed by atoms with van der Waals surface area (Å²) < 4.78 is 5.45. The van der Waals surface area contributed by atoms with Gasteiger partial charge in [0.15, 0.2) is 0 Å². The van der Waals surface area contributed by atoms with Gasteiger partial charge in [-0.05, 0) is 104 Å². The molecule has 3 saturated carbocycles. The van der Waals surface area contributed by atoms with Gasteiger partial charge >= 0.3 is 0 Å². The third-order valence-corrected chi connectivity index (χ3v) is 9.45. The third-order valence-electron chi connectivity index (χ3n) is 9.45. The SMILES string of the molecule is COc1ccc2c(c1)CC[C@@H]1[C@@H]2CC[C@]2(C)C3(C(C)=O)CCC12CC3. The molecule has 2 bridgehead atoms. The van der Waals surface area contributed by atoms with Crippen molar-refractivity contribution in [2.75, 3.05) is 7.11 Å². The van der Waals surface area contributed by atoms with E-state index in [4.69, 9.17) is 4.74 Å². The number of ether oxygens (including phenoxy) is 1. The molecule has 4 aliphatic carbocycles. The summed E-state index contributed by atoms with van der Waals surface area (Å²) in [5, 5.41) is 0. The molecule has 0 aliphatic heterocycles. The molecule has 3 atom stereocenters. The molecule has 1 aromatic rings. The maximum absolute atomic E-state index is 12.7. The second kappa shape index (κ2) is 4.90. The van der Waals surface area contributed by atoms with E-state index in [1.807, 2.05) is 6.92 Å². The summed E-state index contributed by atoms with van der Waals surface area (Å²) in [5.41, 5.74) is 3.75. The van der Waals surface area contributed by atoms with Gasteiger partial charge in [-0.1, -0.05) is 13.0 Å². The standard InChI is InChI=1S/C23H30O2/c1-15(24)22-10-12-23(13-11-22)20-7-4-16-14-17(25-3)5-6-18(16)19(20)8-9-21(22,23)2/h5-6,14,19-20H,4,7-13H2,1-3H3/t19-,20-,21-,22?,23?/m1/s1. The van der Waals surface area contributed by atoms with E-state index in [9.17, 15) is 4.79 Å². The highest BCUT2D eigenvalue weighted by atomic mass is 16.5. The minimum Gasteiger partial charge on any atom is -0.497 e. The Labute approximate surface area is 151 Å². The maximum atomic E-state index is 12.7. The van der Waals surface area contributed by atoms with Crippen molar-refractivity contribution >= 4 is 5.78 Å². The molecule has 0 spiro atoms. The van der Waals surface area contributed by atoms with E-state index in [0.717, 1.165) is 24.5 Å². The molecule has 0 aromatic heterocycles. The van der Waals surface area contributed by atoms with Crippen LogP contribution in [0.1, 0.15) is 75.8 Å². The molecule has 4 aliphatic rings. The van der Waals surface area contributed by atoms with E-state index in [1.54, 1.807) is 12.7 Å². The van der Waals surface area contributed by atoms with E-state index in [1.165, 1.54) is 44.1 Å². The number of rotatable bonds is 2. The van der Waals surface area contributed by atoms with Crippen LogP contribution in [0, 0.1) is 22.2 Å². The van der Waals surface area contributed by atoms with Crippen molar-refractivity contribution in [2.45, 2.75) is 71.1 Å². The van der Waals surface area contributed by atoms with Crippen LogP contribution in [0.4, 0.5) is 0 Å². The summed E-state index contributed by atoms with van der Waals surface area (Å²) >= 11 is 0. The molecule has 3 fully saturated rings. The second-order valence-corrected chi connectivity index (χ2v) is 9.48. The Kier molecular flexibility index (Phi) is 3.12. The summed E-state index contributed by atoms with van der Waals surface area (Å²) in [6, 6.07) is 6.75. The third kappa shape index (κ3) is 1.65. The summed E-state index contributed by atoms with van der Waals surface area (Å²) in [7, 11) is 1.76. The highest BCUT2D eigenvalue weighted by Crippen LogP contribution is 2.80. The molecule has 0 saturated heterocycles. The largest absolute Gasteiger partial charge is 0.497 e. The fourth-order valence-electron chi connectivity index (χ4n) is 8.19. The van der Waals surface area contributed by atoms with Crippen molar-refractivity contribution in [3.8, 4) is 5.75 Å². The Morgan fingerprint density at radius 3 is 2.56 bits per heavy atom. The van der Waals surface area contributed by atoms with Crippen LogP contribution in [0.2, 0.25) is 0 Å². The lowest BCUT2D eigenvalue weighted by Crippen LogP contribution is -2.51. The van der Waals surface area contributed by atoms with Crippen LogP contribution in [0.25, 0.3) is 0 Å². The van der Waals surface area contributed by atoms with Gasteiger partial charge < -0.3 is 4.74 Å². The van der Waals surface area contributed by atoms with Crippen molar-refractivity contribution in [2.24, 2.45) is 22.2 Å². The van der Waals surface area contributed by atoms with Gasteiger partial charge in [0, 0.05) is 5.41 Å². The Morgan fingerprint density at radius 2 is 1.88 bits per heavy atom. The minimum atomic E-state index is -0.00183. The van der Waals surface area contributed by atoms with Crippen molar-refractivity contribution in [3.63, 3.8) is 0 Å². The van der Waals surface area contributed by atoms with Gasteiger partial charge in [-0.25, -0.2) is 0 Å². The van der Waals surface area contributed by atoms with Gasteiger partial charge in [0.1, 0.15) is 11.5 Å². The van der Waals surface area contributed by atoms with Crippen molar-refractivity contribution < 1.29 is 9.53 Å². The van der Waals surface area contributed by atoms with Crippen molar-refractivity contribution in [1.29, 1.82) is 0 Å². The van der Waals surface area contributed by atoms with Crippen LogP contribution in [0.5, 0.6) is 5.75 Å². The van der Waals surface area contributed by atoms with Gasteiger partial charge in [0.25, 0.3) is 0 Å². The Morgan fingerprint density at radius 1 is 1.12 bits per heavy atom. The van der Waals surface area contributed by atoms with Crippen molar-refractivity contribution in [1.82, 2.24) is 0 Å². The number of benzene rings is 1. The van der Waals surface area contributed by atoms with E-state index in [0.29, 0.717) is 17.1 Å². The summed E-state index contributed by atoms with van der Waals surface area (Å²) in [4.78, 5) is 12.7. The first-order valence-electron chi connectivity index (χ1n) is 10.2. The minimum absolute atomic E-state index is 0.00183. The van der Waals surface area contributed by atoms with E-state index in [-0.39, 0.29) is 10.8 Å². The number of Topliss-reactive ketones (excluding diaryl/α,β-unsaturated/α-hetero) is 1. The van der Waals surface area contributed by atoms with Crippen LogP contribution < -0.4 is 4.74 Å². The average Bonchev–Trinajstić information content (AvgIpc) is 3.06. The van der Waals surface area contributed by atoms with Gasteiger partial charge in [-0.15, -0.1) is 0 Å². The predicted octanol–water partition coefficient (Wildman–Crippen LogP) is 5.29. The number of hydrogen-bond acceptors (Lipinski definition) is 2. The topological polar surface area (TPSA) is 26.3 Å². The predicted molar refractivity (Wildman–Crippen MR) is 98.9 cm³/mol. The average molecular weight is 338 g/mol. The summed E-state index contributed by atoms with van der Waals surface area (Å²) in [5.74, 6) is 2.95. The number of fused-ring (bicyclic) bond motifs is 3. The smallest absolute Gasteiger partial charge is 0.136 e. The zero-order valence-corrected chi connectivity index (χ0v) is 15.9. The molecule has 0 unspecified atom stereocenters. The second-order valence-electron chi connectivity index (χ2n) is 9.48. The van der Waals surface area contributed by atoms with E-state index < -0.39 is 0 Å². The summed E-state index contributed by atoms with van der Waals surface area (Å²) in [6.45, 7) is 4.37. The number of aryl methyl sites for hydroxylation is 1. The monoisotopic (exact) mass is 338 g/mol. The molecule has 25 heavy (non-hydrogen) atoms. The molecule has 134 valence electrons. The van der Waals surface area contributed by atoms with Gasteiger partial charge in [-0.2, -0.15) is 0 Å². The molecular weight excluding hydrogens is 308 g/mol. The molecule has 2 heteroatoms. The first kappa shape index (κ1) is 15.9. The normalized spacial score (nSPS) is 44.0. The van der Waals surface area contributed by atoms with Crippen LogP contribution in [0.15, 0.2) is 18.2 Å². The number of carbonyl (C=O) groups is 1. The van der Waals surface area contributed by atoms with E-state index >= 15 is 0 Å². The zero-order chi connectivity index (χ0) is 17.4. The zero-order valence-electron chi connectivity index (χ0n) is 15.9. The molecule has 0 N–H and O–H groups in total. The number of ketones is 1. The maximum Gasteiger partial charge on any atom is 0.136 e. The van der Waals surface area contributed by atoms with Gasteiger partial charge in [0.05, 0.1) is 7.11 Å². The van der Waals surface area contributed by atoms with Crippen LogP contribution in [-0.4, -0.2) is 12.9 Å². The van der Waals surface area contributed by atoms with Gasteiger partial charge in [0.2, 0.25) is 0 Å². The summed E-state index contributed by atoms with van der Waals surface area (Å²) in [6.07, 6.45) is 9.85. The number of methoxy groups -OCH3 is 1. The van der Waals surface area contributed by atoms with Crippen LogP contribution in [-0.2, 0) is 11.2 Å². The Hall–Kier alpha value is -1.31. The number of carbonyl (C=O) groups excluding carboxylic acids is 1. The lowest BCUT2D eigenvalue weighted by Gasteiger charge is -2.57. The highest BCUT2D eigenvalue weighted by Gasteiger charge is 2.74. The molecule has 2 nitrogen and oxygen atoms in total. The van der Waals surface area contributed by atoms with E-state index in [2.05, 4.69) is 25.1 Å². The molecule has 1 aromatic carbocycles. The molecule has 0 amide bonds. The van der Waals surface area contributed by atoms with Gasteiger partial charge in [-0.3, -0.25) is 4.79 Å².